The second-order valence-electron chi connectivity index (χ2n) is 4.92. The lowest BCUT2D eigenvalue weighted by Crippen LogP contribution is -2.23. The molecule has 8 heteroatoms. The molecule has 1 aliphatic rings. The van der Waals surface area contributed by atoms with E-state index in [1.807, 2.05) is 18.2 Å². The van der Waals surface area contributed by atoms with Crippen LogP contribution >= 0.6 is 23.2 Å². The number of nitrogens with one attached hydrogen (secondary N) is 1. The number of carbonyl (C=O) groups is 1. The molecule has 2 heterocycles. The zero-order chi connectivity index (χ0) is 16.2. The highest BCUT2D eigenvalue weighted by molar-refractivity contribution is 6.31. The molecule has 23 heavy (non-hydrogen) atoms. The van der Waals surface area contributed by atoms with Crippen LogP contribution in [0.1, 0.15) is 17.7 Å². The van der Waals surface area contributed by atoms with Crippen LogP contribution in [0.2, 0.25) is 10.4 Å². The van der Waals surface area contributed by atoms with E-state index in [-0.39, 0.29) is 29.6 Å². The minimum Gasteiger partial charge on any atom is -0.454 e. The van der Waals surface area contributed by atoms with Crippen molar-refractivity contribution in [2.75, 3.05) is 6.79 Å². The van der Waals surface area contributed by atoms with Crippen molar-refractivity contribution >= 4 is 29.1 Å². The van der Waals surface area contributed by atoms with Crippen molar-refractivity contribution in [2.45, 2.75) is 19.4 Å². The van der Waals surface area contributed by atoms with E-state index in [2.05, 4.69) is 15.3 Å². The summed E-state index contributed by atoms with van der Waals surface area (Å²) in [6.07, 6.45) is 0.725. The summed E-state index contributed by atoms with van der Waals surface area (Å²) < 4.78 is 10.5. The van der Waals surface area contributed by atoms with Crippen molar-refractivity contribution in [3.05, 3.63) is 46.0 Å². The summed E-state index contributed by atoms with van der Waals surface area (Å²) in [5, 5.41) is 3.19. The fourth-order valence-corrected chi connectivity index (χ4v) is 2.59. The molecule has 120 valence electrons. The lowest BCUT2D eigenvalue weighted by Gasteiger charge is -2.06. The highest BCUT2D eigenvalue weighted by Crippen LogP contribution is 2.32. The Kier molecular flexibility index (Phi) is 4.83. The molecule has 0 aliphatic carbocycles. The Bertz CT molecular complexity index is 720. The maximum Gasteiger partial charge on any atom is 0.231 e. The minimum absolute atomic E-state index is 0.0771. The van der Waals surface area contributed by atoms with Crippen LogP contribution < -0.4 is 14.8 Å². The Hall–Kier alpha value is -2.05. The topological polar surface area (TPSA) is 73.3 Å². The van der Waals surface area contributed by atoms with Crippen LogP contribution in [-0.4, -0.2) is 22.7 Å². The zero-order valence-corrected chi connectivity index (χ0v) is 13.5. The molecule has 0 fully saturated rings. The van der Waals surface area contributed by atoms with Crippen LogP contribution in [0, 0.1) is 0 Å². The average molecular weight is 354 g/mol. The standard InChI is InChI=1S/C15H13Cl2N3O3/c16-13-6-10(19-15(17)20-13)2-4-14(21)18-7-9-1-3-11-12(5-9)23-8-22-11/h1,3,5-6H,2,4,7-8H2,(H,18,21). The fraction of sp³-hybridized carbons (Fsp3) is 0.267. The van der Waals surface area contributed by atoms with Gasteiger partial charge in [0.15, 0.2) is 11.5 Å². The van der Waals surface area contributed by atoms with Crippen molar-refractivity contribution in [2.24, 2.45) is 0 Å². The molecular weight excluding hydrogens is 341 g/mol. The van der Waals surface area contributed by atoms with Gasteiger partial charge in [0.1, 0.15) is 5.15 Å². The lowest BCUT2D eigenvalue weighted by molar-refractivity contribution is -0.121. The fourth-order valence-electron chi connectivity index (χ4n) is 2.14. The van der Waals surface area contributed by atoms with Crippen LogP contribution in [0.4, 0.5) is 0 Å². The number of aryl methyl sites for hydroxylation is 1. The van der Waals surface area contributed by atoms with Gasteiger partial charge in [-0.3, -0.25) is 4.79 Å². The number of ether oxygens (including phenoxy) is 2. The van der Waals surface area contributed by atoms with Gasteiger partial charge in [0.2, 0.25) is 18.0 Å². The van der Waals surface area contributed by atoms with Crippen LogP contribution in [0.3, 0.4) is 0 Å². The molecule has 0 bridgehead atoms. The van der Waals surface area contributed by atoms with E-state index in [4.69, 9.17) is 32.7 Å². The normalized spacial score (nSPS) is 12.3. The number of halogens is 2. The zero-order valence-electron chi connectivity index (χ0n) is 12.0. The summed E-state index contributed by atoms with van der Waals surface area (Å²) in [5.41, 5.74) is 1.57. The number of benzene rings is 1. The van der Waals surface area contributed by atoms with E-state index in [0.29, 0.717) is 24.4 Å². The van der Waals surface area contributed by atoms with Crippen molar-refractivity contribution in [3.8, 4) is 11.5 Å². The Morgan fingerprint density at radius 2 is 2.00 bits per heavy atom. The predicted octanol–water partition coefficient (Wildman–Crippen LogP) is 2.76. The minimum atomic E-state index is -0.0893. The molecule has 0 saturated carbocycles. The summed E-state index contributed by atoms with van der Waals surface area (Å²) >= 11 is 11.5. The van der Waals surface area contributed by atoms with Gasteiger partial charge in [0, 0.05) is 18.7 Å². The van der Waals surface area contributed by atoms with E-state index in [1.165, 1.54) is 0 Å². The van der Waals surface area contributed by atoms with Gasteiger partial charge in [-0.15, -0.1) is 0 Å². The Morgan fingerprint density at radius 1 is 1.17 bits per heavy atom. The van der Waals surface area contributed by atoms with E-state index in [1.54, 1.807) is 6.07 Å². The first-order chi connectivity index (χ1) is 11.1. The van der Waals surface area contributed by atoms with Crippen LogP contribution in [0.15, 0.2) is 24.3 Å². The van der Waals surface area contributed by atoms with Gasteiger partial charge in [-0.1, -0.05) is 17.7 Å². The molecule has 0 unspecified atom stereocenters. The molecular formula is C15H13Cl2N3O3. The smallest absolute Gasteiger partial charge is 0.231 e. The molecule has 0 radical (unpaired) electrons. The quantitative estimate of drug-likeness (QED) is 0.660. The second kappa shape index (κ2) is 7.02. The molecule has 0 saturated heterocycles. The molecule has 2 aromatic rings. The number of hydrogen-bond acceptors (Lipinski definition) is 5. The number of fused-ring (bicyclic) bond motifs is 1. The van der Waals surface area contributed by atoms with Crippen LogP contribution in [-0.2, 0) is 17.8 Å². The lowest BCUT2D eigenvalue weighted by atomic mass is 10.2. The highest BCUT2D eigenvalue weighted by Gasteiger charge is 2.13. The molecule has 1 N–H and O–H groups in total. The Balaban J connectivity index is 1.49. The molecule has 3 rings (SSSR count). The Morgan fingerprint density at radius 3 is 2.83 bits per heavy atom. The monoisotopic (exact) mass is 353 g/mol. The van der Waals surface area contributed by atoms with E-state index < -0.39 is 0 Å². The van der Waals surface area contributed by atoms with Gasteiger partial charge >= 0.3 is 0 Å². The third kappa shape index (κ3) is 4.24. The van der Waals surface area contributed by atoms with E-state index in [0.717, 1.165) is 11.3 Å². The summed E-state index contributed by atoms with van der Waals surface area (Å²) in [5.74, 6) is 1.33. The van der Waals surface area contributed by atoms with Crippen molar-refractivity contribution < 1.29 is 14.3 Å². The number of rotatable bonds is 5. The molecule has 1 aromatic heterocycles. The van der Waals surface area contributed by atoms with Gasteiger partial charge < -0.3 is 14.8 Å². The highest BCUT2D eigenvalue weighted by atomic mass is 35.5. The summed E-state index contributed by atoms with van der Waals surface area (Å²) in [7, 11) is 0. The molecule has 1 aliphatic heterocycles. The van der Waals surface area contributed by atoms with Crippen molar-refractivity contribution in [1.82, 2.24) is 15.3 Å². The van der Waals surface area contributed by atoms with Gasteiger partial charge in [-0.25, -0.2) is 9.97 Å². The SMILES string of the molecule is O=C(CCc1cc(Cl)nc(Cl)n1)NCc1ccc2c(c1)OCO2. The van der Waals surface area contributed by atoms with Crippen LogP contribution in [0.25, 0.3) is 0 Å². The first kappa shape index (κ1) is 15.8. The first-order valence-electron chi connectivity index (χ1n) is 6.94. The third-order valence-electron chi connectivity index (χ3n) is 3.26. The van der Waals surface area contributed by atoms with Gasteiger partial charge in [-0.05, 0) is 41.8 Å². The van der Waals surface area contributed by atoms with Crippen LogP contribution in [0.5, 0.6) is 11.5 Å². The van der Waals surface area contributed by atoms with Gasteiger partial charge in [0.05, 0.1) is 0 Å². The summed E-state index contributed by atoms with van der Waals surface area (Å²) in [6, 6.07) is 7.16. The molecule has 6 nitrogen and oxygen atoms in total. The summed E-state index contributed by atoms with van der Waals surface area (Å²) in [4.78, 5) is 19.7. The number of hydrogen-bond donors (Lipinski definition) is 1. The number of carbonyl (C=O) groups excluding carboxylic acids is 1. The molecule has 1 aromatic carbocycles. The maximum absolute atomic E-state index is 11.9. The predicted molar refractivity (Wildman–Crippen MR) is 84.8 cm³/mol. The molecule has 0 spiro atoms. The summed E-state index contributed by atoms with van der Waals surface area (Å²) in [6.45, 7) is 0.649. The Labute approximate surface area is 142 Å². The van der Waals surface area contributed by atoms with Crippen molar-refractivity contribution in [3.63, 3.8) is 0 Å². The van der Waals surface area contributed by atoms with E-state index >= 15 is 0 Å². The number of amides is 1. The first-order valence-corrected chi connectivity index (χ1v) is 7.70. The van der Waals surface area contributed by atoms with Gasteiger partial charge in [-0.2, -0.15) is 0 Å². The number of aromatic nitrogens is 2. The molecule has 0 atom stereocenters. The third-order valence-corrected chi connectivity index (χ3v) is 3.62. The largest absolute Gasteiger partial charge is 0.454 e. The van der Waals surface area contributed by atoms with Crippen molar-refractivity contribution in [1.29, 1.82) is 0 Å². The van der Waals surface area contributed by atoms with Gasteiger partial charge in [0.25, 0.3) is 0 Å². The maximum atomic E-state index is 11.9. The average Bonchev–Trinajstić information content (AvgIpc) is 2.97. The number of nitrogens with zero attached hydrogens (tertiary/aromatic N) is 2. The van der Waals surface area contributed by atoms with E-state index in [9.17, 15) is 4.79 Å². The molecule has 1 amide bonds. The second-order valence-corrected chi connectivity index (χ2v) is 5.64.